The van der Waals surface area contributed by atoms with E-state index in [0.29, 0.717) is 24.8 Å². The van der Waals surface area contributed by atoms with Gasteiger partial charge in [0.1, 0.15) is 6.42 Å². The Morgan fingerprint density at radius 1 is 1.32 bits per heavy atom. The predicted octanol–water partition coefficient (Wildman–Crippen LogP) is 1.97. The standard InChI is InChI=1S/C14H17N3O2/c1-3-17(10-12-7-5-4-6-8-12)14(18)9-13-15-11(2)16-19-13/h4-8H,3,9-10H2,1-2H3. The van der Waals surface area contributed by atoms with Crippen molar-refractivity contribution < 1.29 is 9.32 Å². The second kappa shape index (κ2) is 6.13. The van der Waals surface area contributed by atoms with Crippen molar-refractivity contribution in [3.8, 4) is 0 Å². The zero-order valence-electron chi connectivity index (χ0n) is 11.2. The largest absolute Gasteiger partial charge is 0.339 e. The smallest absolute Gasteiger partial charge is 0.236 e. The summed E-state index contributed by atoms with van der Waals surface area (Å²) in [7, 11) is 0. The second-order valence-corrected chi connectivity index (χ2v) is 4.31. The van der Waals surface area contributed by atoms with Crippen molar-refractivity contribution in [1.82, 2.24) is 15.0 Å². The zero-order chi connectivity index (χ0) is 13.7. The number of aryl methyl sites for hydroxylation is 1. The van der Waals surface area contributed by atoms with Gasteiger partial charge in [0.25, 0.3) is 0 Å². The minimum absolute atomic E-state index is 0.00463. The Morgan fingerprint density at radius 2 is 2.05 bits per heavy atom. The molecule has 0 atom stereocenters. The first-order valence-corrected chi connectivity index (χ1v) is 6.30. The quantitative estimate of drug-likeness (QED) is 0.823. The van der Waals surface area contributed by atoms with Crippen molar-refractivity contribution in [1.29, 1.82) is 0 Å². The van der Waals surface area contributed by atoms with Crippen LogP contribution in [0, 0.1) is 6.92 Å². The molecule has 0 saturated heterocycles. The number of nitrogens with zero attached hydrogens (tertiary/aromatic N) is 3. The Kier molecular flexibility index (Phi) is 4.28. The average Bonchev–Trinajstić information content (AvgIpc) is 2.82. The summed E-state index contributed by atoms with van der Waals surface area (Å²) >= 11 is 0. The van der Waals surface area contributed by atoms with E-state index in [4.69, 9.17) is 4.52 Å². The van der Waals surface area contributed by atoms with Crippen LogP contribution in [-0.2, 0) is 17.8 Å². The molecule has 0 aliphatic heterocycles. The molecule has 0 N–H and O–H groups in total. The topological polar surface area (TPSA) is 59.2 Å². The van der Waals surface area contributed by atoms with Crippen LogP contribution in [0.1, 0.15) is 24.2 Å². The molecule has 0 aliphatic rings. The fraction of sp³-hybridized carbons (Fsp3) is 0.357. The van der Waals surface area contributed by atoms with E-state index in [0.717, 1.165) is 5.56 Å². The molecule has 5 nitrogen and oxygen atoms in total. The van der Waals surface area contributed by atoms with Crippen molar-refractivity contribution >= 4 is 5.91 Å². The van der Waals surface area contributed by atoms with Crippen molar-refractivity contribution in [2.24, 2.45) is 0 Å². The van der Waals surface area contributed by atoms with Gasteiger partial charge in [-0.15, -0.1) is 0 Å². The van der Waals surface area contributed by atoms with Crippen molar-refractivity contribution in [2.45, 2.75) is 26.8 Å². The second-order valence-electron chi connectivity index (χ2n) is 4.31. The molecule has 100 valence electrons. The van der Waals surface area contributed by atoms with Crippen LogP contribution in [0.2, 0.25) is 0 Å². The number of carbonyl (C=O) groups excluding carboxylic acids is 1. The van der Waals surface area contributed by atoms with Gasteiger partial charge in [0.15, 0.2) is 5.82 Å². The highest BCUT2D eigenvalue weighted by Gasteiger charge is 2.16. The number of aromatic nitrogens is 2. The van der Waals surface area contributed by atoms with Crippen LogP contribution < -0.4 is 0 Å². The molecule has 1 aromatic heterocycles. The van der Waals surface area contributed by atoms with Gasteiger partial charge in [-0.3, -0.25) is 4.79 Å². The summed E-state index contributed by atoms with van der Waals surface area (Å²) in [4.78, 5) is 18.0. The van der Waals surface area contributed by atoms with Crippen LogP contribution in [0.25, 0.3) is 0 Å². The summed E-state index contributed by atoms with van der Waals surface area (Å²) in [6.45, 7) is 4.95. The summed E-state index contributed by atoms with van der Waals surface area (Å²) in [5.41, 5.74) is 1.11. The molecule has 0 saturated carbocycles. The molecule has 0 spiro atoms. The monoisotopic (exact) mass is 259 g/mol. The number of hydrogen-bond acceptors (Lipinski definition) is 4. The van der Waals surface area contributed by atoms with E-state index < -0.39 is 0 Å². The van der Waals surface area contributed by atoms with E-state index in [1.165, 1.54) is 0 Å². The third kappa shape index (κ3) is 3.64. The lowest BCUT2D eigenvalue weighted by atomic mass is 10.2. The molecule has 0 radical (unpaired) electrons. The molecule has 0 bridgehead atoms. The van der Waals surface area contributed by atoms with Crippen LogP contribution in [0.4, 0.5) is 0 Å². The highest BCUT2D eigenvalue weighted by molar-refractivity contribution is 5.77. The van der Waals surface area contributed by atoms with Gasteiger partial charge in [0.05, 0.1) is 0 Å². The maximum absolute atomic E-state index is 12.2. The number of amides is 1. The van der Waals surface area contributed by atoms with Crippen LogP contribution in [0.15, 0.2) is 34.9 Å². The highest BCUT2D eigenvalue weighted by Crippen LogP contribution is 2.07. The Labute approximate surface area is 112 Å². The van der Waals surface area contributed by atoms with E-state index in [1.807, 2.05) is 37.3 Å². The molecule has 1 aromatic carbocycles. The van der Waals surface area contributed by atoms with Gasteiger partial charge in [-0.2, -0.15) is 4.98 Å². The third-order valence-corrected chi connectivity index (χ3v) is 2.82. The number of likely N-dealkylation sites (N-methyl/N-ethyl adjacent to an activating group) is 1. The van der Waals surface area contributed by atoms with Crippen LogP contribution in [-0.4, -0.2) is 27.5 Å². The van der Waals surface area contributed by atoms with Crippen molar-refractivity contribution in [2.75, 3.05) is 6.54 Å². The van der Waals surface area contributed by atoms with Gasteiger partial charge < -0.3 is 9.42 Å². The van der Waals surface area contributed by atoms with E-state index in [9.17, 15) is 4.79 Å². The van der Waals surface area contributed by atoms with E-state index in [-0.39, 0.29) is 12.3 Å². The molecule has 1 heterocycles. The first-order chi connectivity index (χ1) is 9.19. The number of carbonyl (C=O) groups is 1. The molecular weight excluding hydrogens is 242 g/mol. The highest BCUT2D eigenvalue weighted by atomic mass is 16.5. The SMILES string of the molecule is CCN(Cc1ccccc1)C(=O)Cc1nc(C)no1. The van der Waals surface area contributed by atoms with Crippen LogP contribution >= 0.6 is 0 Å². The lowest BCUT2D eigenvalue weighted by Gasteiger charge is -2.20. The molecule has 19 heavy (non-hydrogen) atoms. The molecule has 0 fully saturated rings. The molecule has 5 heteroatoms. The van der Waals surface area contributed by atoms with E-state index in [2.05, 4.69) is 10.1 Å². The Balaban J connectivity index is 1.99. The summed E-state index contributed by atoms with van der Waals surface area (Å²) < 4.78 is 4.97. The maximum Gasteiger partial charge on any atom is 0.236 e. The number of rotatable bonds is 5. The zero-order valence-corrected chi connectivity index (χ0v) is 11.2. The summed E-state index contributed by atoms with van der Waals surface area (Å²) in [5.74, 6) is 0.915. The molecule has 0 unspecified atom stereocenters. The summed E-state index contributed by atoms with van der Waals surface area (Å²) in [5, 5.41) is 3.68. The first-order valence-electron chi connectivity index (χ1n) is 6.30. The summed E-state index contributed by atoms with van der Waals surface area (Å²) in [6, 6.07) is 9.91. The Bertz CT molecular complexity index is 537. The fourth-order valence-electron chi connectivity index (χ4n) is 1.83. The van der Waals surface area contributed by atoms with Gasteiger partial charge >= 0.3 is 0 Å². The molecule has 0 aliphatic carbocycles. The van der Waals surface area contributed by atoms with Crippen molar-refractivity contribution in [3.63, 3.8) is 0 Å². The third-order valence-electron chi connectivity index (χ3n) is 2.82. The number of benzene rings is 1. The molecule has 2 rings (SSSR count). The van der Waals surface area contributed by atoms with Gasteiger partial charge in [-0.25, -0.2) is 0 Å². The van der Waals surface area contributed by atoms with Gasteiger partial charge in [-0.05, 0) is 19.4 Å². The van der Waals surface area contributed by atoms with Crippen LogP contribution in [0.3, 0.4) is 0 Å². The Morgan fingerprint density at radius 3 is 2.63 bits per heavy atom. The van der Waals surface area contributed by atoms with Gasteiger partial charge in [-0.1, -0.05) is 35.5 Å². The van der Waals surface area contributed by atoms with Crippen molar-refractivity contribution in [3.05, 3.63) is 47.6 Å². The minimum atomic E-state index is -0.00463. The fourth-order valence-corrected chi connectivity index (χ4v) is 1.83. The normalized spacial score (nSPS) is 10.4. The molecular formula is C14H17N3O2. The predicted molar refractivity (Wildman–Crippen MR) is 70.3 cm³/mol. The Hall–Kier alpha value is -2.17. The lowest BCUT2D eigenvalue weighted by Crippen LogP contribution is -2.31. The van der Waals surface area contributed by atoms with Gasteiger partial charge in [0.2, 0.25) is 11.8 Å². The first kappa shape index (κ1) is 13.3. The number of hydrogen-bond donors (Lipinski definition) is 0. The lowest BCUT2D eigenvalue weighted by molar-refractivity contribution is -0.131. The minimum Gasteiger partial charge on any atom is -0.339 e. The molecule has 2 aromatic rings. The van der Waals surface area contributed by atoms with E-state index >= 15 is 0 Å². The molecule has 1 amide bonds. The van der Waals surface area contributed by atoms with Gasteiger partial charge in [0, 0.05) is 13.1 Å². The van der Waals surface area contributed by atoms with E-state index in [1.54, 1.807) is 11.8 Å². The van der Waals surface area contributed by atoms with Crippen LogP contribution in [0.5, 0.6) is 0 Å². The summed E-state index contributed by atoms with van der Waals surface area (Å²) in [6.07, 6.45) is 0.154. The maximum atomic E-state index is 12.2. The average molecular weight is 259 g/mol.